The van der Waals surface area contributed by atoms with Crippen molar-refractivity contribution in [2.45, 2.75) is 26.4 Å². The SMILES string of the molecule is CC(C)C(NC(=O)c1ccccc1Cl)C(=O)NCc1ccc(OCCN(C)C)cc1. The molecule has 0 saturated heterocycles. The monoisotopic (exact) mass is 431 g/mol. The van der Waals surface area contributed by atoms with Crippen LogP contribution in [-0.2, 0) is 11.3 Å². The molecule has 0 radical (unpaired) electrons. The lowest BCUT2D eigenvalue weighted by molar-refractivity contribution is -0.124. The van der Waals surface area contributed by atoms with Gasteiger partial charge in [-0.1, -0.05) is 49.7 Å². The minimum atomic E-state index is -0.664. The first-order valence-electron chi connectivity index (χ1n) is 9.97. The molecule has 0 heterocycles. The quantitative estimate of drug-likeness (QED) is 0.605. The lowest BCUT2D eigenvalue weighted by Gasteiger charge is -2.22. The zero-order chi connectivity index (χ0) is 22.1. The average molecular weight is 432 g/mol. The van der Waals surface area contributed by atoms with Crippen LogP contribution in [0.5, 0.6) is 5.75 Å². The summed E-state index contributed by atoms with van der Waals surface area (Å²) in [6, 6.07) is 13.7. The van der Waals surface area contributed by atoms with Crippen molar-refractivity contribution >= 4 is 23.4 Å². The molecule has 0 spiro atoms. The lowest BCUT2D eigenvalue weighted by Crippen LogP contribution is -2.49. The molecule has 1 unspecified atom stereocenters. The summed E-state index contributed by atoms with van der Waals surface area (Å²) in [4.78, 5) is 27.3. The molecule has 2 N–H and O–H groups in total. The molecule has 2 aromatic rings. The second kappa shape index (κ2) is 11.6. The number of carbonyl (C=O) groups excluding carboxylic acids is 2. The van der Waals surface area contributed by atoms with Gasteiger partial charge in [-0.15, -0.1) is 0 Å². The number of hydrogen-bond donors (Lipinski definition) is 2. The van der Waals surface area contributed by atoms with Crippen LogP contribution in [0.2, 0.25) is 5.02 Å². The van der Waals surface area contributed by atoms with Gasteiger partial charge in [0.2, 0.25) is 5.91 Å². The summed E-state index contributed by atoms with van der Waals surface area (Å²) in [5.41, 5.74) is 1.30. The maximum absolute atomic E-state index is 12.7. The summed E-state index contributed by atoms with van der Waals surface area (Å²) in [6.45, 7) is 5.59. The molecule has 0 aliphatic carbocycles. The van der Waals surface area contributed by atoms with Crippen LogP contribution in [-0.4, -0.2) is 50.0 Å². The van der Waals surface area contributed by atoms with Gasteiger partial charge in [0.1, 0.15) is 18.4 Å². The van der Waals surface area contributed by atoms with Gasteiger partial charge < -0.3 is 20.3 Å². The molecule has 0 aliphatic heterocycles. The van der Waals surface area contributed by atoms with E-state index in [0.29, 0.717) is 23.7 Å². The predicted molar refractivity (Wildman–Crippen MR) is 120 cm³/mol. The van der Waals surface area contributed by atoms with Gasteiger partial charge in [-0.2, -0.15) is 0 Å². The van der Waals surface area contributed by atoms with Gasteiger partial charge >= 0.3 is 0 Å². The van der Waals surface area contributed by atoms with Crippen molar-refractivity contribution in [1.29, 1.82) is 0 Å². The van der Waals surface area contributed by atoms with Crippen LogP contribution in [0.3, 0.4) is 0 Å². The summed E-state index contributed by atoms with van der Waals surface area (Å²) >= 11 is 6.09. The van der Waals surface area contributed by atoms with Gasteiger partial charge in [0.05, 0.1) is 10.6 Å². The zero-order valence-electron chi connectivity index (χ0n) is 17.9. The number of likely N-dealkylation sites (N-methyl/N-ethyl adjacent to an activating group) is 1. The molecule has 162 valence electrons. The Balaban J connectivity index is 1.90. The van der Waals surface area contributed by atoms with Crippen LogP contribution in [0.4, 0.5) is 0 Å². The molecule has 0 fully saturated rings. The summed E-state index contributed by atoms with van der Waals surface area (Å²) in [5.74, 6) is 0.105. The molecule has 1 atom stereocenters. The van der Waals surface area contributed by atoms with Gasteiger partial charge in [0.25, 0.3) is 5.91 Å². The summed E-state index contributed by atoms with van der Waals surface area (Å²) in [6.07, 6.45) is 0. The third-order valence-corrected chi connectivity index (χ3v) is 4.88. The maximum Gasteiger partial charge on any atom is 0.253 e. The van der Waals surface area contributed by atoms with E-state index in [0.717, 1.165) is 17.9 Å². The molecular formula is C23H30ClN3O3. The van der Waals surface area contributed by atoms with E-state index >= 15 is 0 Å². The van der Waals surface area contributed by atoms with E-state index in [-0.39, 0.29) is 17.7 Å². The van der Waals surface area contributed by atoms with E-state index in [1.807, 2.05) is 52.2 Å². The van der Waals surface area contributed by atoms with Crippen LogP contribution in [0.1, 0.15) is 29.8 Å². The molecule has 7 heteroatoms. The standard InChI is InChI=1S/C23H30ClN3O3/c1-16(2)21(26-22(28)19-7-5-6-8-20(19)24)23(29)25-15-17-9-11-18(12-10-17)30-14-13-27(3)4/h5-12,16,21H,13-15H2,1-4H3,(H,25,29)(H,26,28). The Kier molecular flexibility index (Phi) is 9.15. The number of nitrogens with zero attached hydrogens (tertiary/aromatic N) is 1. The van der Waals surface area contributed by atoms with Crippen molar-refractivity contribution in [1.82, 2.24) is 15.5 Å². The van der Waals surface area contributed by atoms with Crippen molar-refractivity contribution in [3.05, 3.63) is 64.7 Å². The van der Waals surface area contributed by atoms with Crippen LogP contribution in [0.25, 0.3) is 0 Å². The number of amides is 2. The topological polar surface area (TPSA) is 70.7 Å². The van der Waals surface area contributed by atoms with Gasteiger partial charge in [0.15, 0.2) is 0 Å². The van der Waals surface area contributed by atoms with Crippen molar-refractivity contribution in [3.63, 3.8) is 0 Å². The fourth-order valence-electron chi connectivity index (χ4n) is 2.75. The van der Waals surface area contributed by atoms with Crippen molar-refractivity contribution in [3.8, 4) is 5.75 Å². The van der Waals surface area contributed by atoms with Gasteiger partial charge in [0, 0.05) is 13.1 Å². The zero-order valence-corrected chi connectivity index (χ0v) is 18.7. The van der Waals surface area contributed by atoms with E-state index in [4.69, 9.17) is 16.3 Å². The first-order valence-corrected chi connectivity index (χ1v) is 10.3. The Bertz CT molecular complexity index is 838. The van der Waals surface area contributed by atoms with Crippen LogP contribution < -0.4 is 15.4 Å². The first kappa shape index (κ1) is 23.7. The minimum absolute atomic E-state index is 0.0797. The Morgan fingerprint density at radius 1 is 1.07 bits per heavy atom. The lowest BCUT2D eigenvalue weighted by atomic mass is 10.0. The molecule has 0 bridgehead atoms. The number of nitrogens with one attached hydrogen (secondary N) is 2. The molecule has 0 saturated carbocycles. The molecule has 0 aliphatic rings. The van der Waals surface area contributed by atoms with E-state index in [2.05, 4.69) is 15.5 Å². The summed E-state index contributed by atoms with van der Waals surface area (Å²) in [5, 5.41) is 6.04. The summed E-state index contributed by atoms with van der Waals surface area (Å²) in [7, 11) is 3.99. The number of ether oxygens (including phenoxy) is 1. The third-order valence-electron chi connectivity index (χ3n) is 4.55. The number of carbonyl (C=O) groups is 2. The largest absolute Gasteiger partial charge is 0.492 e. The molecule has 2 amide bonds. The highest BCUT2D eigenvalue weighted by Gasteiger charge is 2.25. The molecule has 2 aromatic carbocycles. The Hall–Kier alpha value is -2.57. The fourth-order valence-corrected chi connectivity index (χ4v) is 2.97. The second-order valence-electron chi connectivity index (χ2n) is 7.69. The number of halogens is 1. The van der Waals surface area contributed by atoms with Gasteiger partial charge in [-0.3, -0.25) is 9.59 Å². The van der Waals surface area contributed by atoms with Crippen LogP contribution in [0.15, 0.2) is 48.5 Å². The van der Waals surface area contributed by atoms with E-state index in [1.54, 1.807) is 24.3 Å². The number of rotatable bonds is 10. The molecule has 30 heavy (non-hydrogen) atoms. The number of hydrogen-bond acceptors (Lipinski definition) is 4. The highest BCUT2D eigenvalue weighted by molar-refractivity contribution is 6.33. The van der Waals surface area contributed by atoms with E-state index < -0.39 is 6.04 Å². The Morgan fingerprint density at radius 3 is 2.33 bits per heavy atom. The molecule has 0 aromatic heterocycles. The second-order valence-corrected chi connectivity index (χ2v) is 8.10. The Labute approximate surface area is 183 Å². The number of benzene rings is 2. The van der Waals surface area contributed by atoms with Crippen molar-refractivity contribution in [2.75, 3.05) is 27.2 Å². The van der Waals surface area contributed by atoms with Crippen LogP contribution >= 0.6 is 11.6 Å². The normalized spacial score (nSPS) is 12.0. The van der Waals surface area contributed by atoms with Gasteiger partial charge in [-0.05, 0) is 49.8 Å². The van der Waals surface area contributed by atoms with Crippen molar-refractivity contribution < 1.29 is 14.3 Å². The minimum Gasteiger partial charge on any atom is -0.492 e. The maximum atomic E-state index is 12.7. The fraction of sp³-hybridized carbons (Fsp3) is 0.391. The van der Waals surface area contributed by atoms with E-state index in [1.165, 1.54) is 0 Å². The molecular weight excluding hydrogens is 402 g/mol. The highest BCUT2D eigenvalue weighted by Crippen LogP contribution is 2.16. The van der Waals surface area contributed by atoms with Crippen molar-refractivity contribution in [2.24, 2.45) is 5.92 Å². The smallest absolute Gasteiger partial charge is 0.253 e. The Morgan fingerprint density at radius 2 is 1.73 bits per heavy atom. The first-order chi connectivity index (χ1) is 14.3. The molecule has 6 nitrogen and oxygen atoms in total. The third kappa shape index (κ3) is 7.35. The molecule has 2 rings (SSSR count). The predicted octanol–water partition coefficient (Wildman–Crippen LogP) is 3.35. The van der Waals surface area contributed by atoms with Gasteiger partial charge in [-0.25, -0.2) is 0 Å². The summed E-state index contributed by atoms with van der Waals surface area (Å²) < 4.78 is 5.68. The van der Waals surface area contributed by atoms with E-state index in [9.17, 15) is 9.59 Å². The average Bonchev–Trinajstić information content (AvgIpc) is 2.71. The highest BCUT2D eigenvalue weighted by atomic mass is 35.5. The van der Waals surface area contributed by atoms with Crippen LogP contribution in [0, 0.1) is 5.92 Å².